The maximum atomic E-state index is 14.6. The van der Waals surface area contributed by atoms with Crippen molar-refractivity contribution in [1.82, 2.24) is 5.32 Å². The Morgan fingerprint density at radius 1 is 0.903 bits per heavy atom. The van der Waals surface area contributed by atoms with E-state index in [0.717, 1.165) is 66.0 Å². The number of quaternary nitrogens is 1. The molecule has 2 fully saturated rings. The summed E-state index contributed by atoms with van der Waals surface area (Å²) in [6.45, 7) is 2.89. The smallest absolute Gasteiger partial charge is 0.347 e. The predicted molar refractivity (Wildman–Crippen MR) is 122 cm³/mol. The van der Waals surface area contributed by atoms with Gasteiger partial charge in [0.05, 0.1) is 24.7 Å². The number of likely N-dealkylation sites (tertiary alicyclic amines) is 1. The van der Waals surface area contributed by atoms with Gasteiger partial charge in [-0.3, -0.25) is 9.28 Å². The molecule has 5 nitrogen and oxygen atoms in total. The van der Waals surface area contributed by atoms with E-state index in [1.807, 2.05) is 36.4 Å². The van der Waals surface area contributed by atoms with E-state index in [4.69, 9.17) is 0 Å². The molecule has 2 aliphatic rings. The highest BCUT2D eigenvalue weighted by molar-refractivity contribution is 6.16. The van der Waals surface area contributed by atoms with Gasteiger partial charge in [-0.25, -0.2) is 4.79 Å². The Morgan fingerprint density at radius 2 is 1.52 bits per heavy atom. The van der Waals surface area contributed by atoms with Gasteiger partial charge in [-0.15, -0.1) is 0 Å². The van der Waals surface area contributed by atoms with E-state index >= 15 is 0 Å². The normalized spacial score (nSPS) is 25.0. The highest BCUT2D eigenvalue weighted by atomic mass is 16.4. The summed E-state index contributed by atoms with van der Waals surface area (Å²) >= 11 is 0. The average Bonchev–Trinajstić information content (AvgIpc) is 2.82. The molecule has 0 spiro atoms. The van der Waals surface area contributed by atoms with E-state index < -0.39 is 11.9 Å². The van der Waals surface area contributed by atoms with Gasteiger partial charge < -0.3 is 10.4 Å². The van der Waals surface area contributed by atoms with E-state index in [1.165, 1.54) is 0 Å². The Kier molecular flexibility index (Phi) is 5.24. The van der Waals surface area contributed by atoms with Crippen molar-refractivity contribution in [3.05, 3.63) is 60.2 Å². The summed E-state index contributed by atoms with van der Waals surface area (Å²) in [7, 11) is 0. The quantitative estimate of drug-likeness (QED) is 0.495. The first-order valence-electron chi connectivity index (χ1n) is 11.4. The van der Waals surface area contributed by atoms with Crippen LogP contribution in [-0.2, 0) is 4.79 Å². The number of rotatable bonds is 3. The standard InChI is InChI=1S/C26H28N2O3/c29-25(24-22-9-3-1-6-18(22)16-19-7-2-4-10-23(19)24)28(21-11-13-27-14-12-21)15-5-8-20(17-28)26(30)31/h1-4,6-7,9-10,16,20-21,27H,5,8,11-15,17H2/p+1. The molecular weight excluding hydrogens is 388 g/mol. The van der Waals surface area contributed by atoms with Crippen molar-refractivity contribution in [1.29, 1.82) is 0 Å². The summed E-state index contributed by atoms with van der Waals surface area (Å²) in [6, 6.07) is 18.5. The molecule has 1 amide bonds. The van der Waals surface area contributed by atoms with Gasteiger partial charge in [0, 0.05) is 25.9 Å². The lowest BCUT2D eigenvalue weighted by Gasteiger charge is -2.47. The Balaban J connectivity index is 1.73. The van der Waals surface area contributed by atoms with Gasteiger partial charge in [-0.2, -0.15) is 0 Å². The maximum absolute atomic E-state index is 14.6. The molecule has 31 heavy (non-hydrogen) atoms. The van der Waals surface area contributed by atoms with Gasteiger partial charge in [-0.1, -0.05) is 48.5 Å². The third-order valence-electron chi connectivity index (χ3n) is 7.40. The minimum absolute atomic E-state index is 0.103. The van der Waals surface area contributed by atoms with Crippen LogP contribution in [0.1, 0.15) is 36.0 Å². The van der Waals surface area contributed by atoms with Gasteiger partial charge in [0.15, 0.2) is 0 Å². The lowest BCUT2D eigenvalue weighted by atomic mass is 9.87. The fraction of sp³-hybridized carbons (Fsp3) is 0.385. The van der Waals surface area contributed by atoms with E-state index in [2.05, 4.69) is 23.5 Å². The van der Waals surface area contributed by atoms with Gasteiger partial charge in [0.25, 0.3) is 0 Å². The van der Waals surface area contributed by atoms with Gasteiger partial charge in [0.2, 0.25) is 0 Å². The van der Waals surface area contributed by atoms with E-state index in [9.17, 15) is 14.7 Å². The molecule has 2 aliphatic heterocycles. The van der Waals surface area contributed by atoms with Gasteiger partial charge in [0.1, 0.15) is 5.92 Å². The molecule has 0 radical (unpaired) electrons. The van der Waals surface area contributed by atoms with Crippen LogP contribution in [0.4, 0.5) is 0 Å². The first-order valence-corrected chi connectivity index (χ1v) is 11.4. The second kappa shape index (κ2) is 8.06. The van der Waals surface area contributed by atoms with Crippen LogP contribution in [0.25, 0.3) is 21.5 Å². The summed E-state index contributed by atoms with van der Waals surface area (Å²) in [5.41, 5.74) is 0.762. The highest BCUT2D eigenvalue weighted by Gasteiger charge is 2.50. The first kappa shape index (κ1) is 20.2. The van der Waals surface area contributed by atoms with Crippen molar-refractivity contribution in [3.63, 3.8) is 0 Å². The number of hydrogen-bond donors (Lipinski definition) is 2. The number of carboxylic acid groups (broad SMARTS) is 1. The lowest BCUT2D eigenvalue weighted by Crippen LogP contribution is -2.66. The zero-order chi connectivity index (χ0) is 21.4. The number of carbonyl (C=O) groups is 2. The van der Waals surface area contributed by atoms with E-state index in [0.29, 0.717) is 13.0 Å². The highest BCUT2D eigenvalue weighted by Crippen LogP contribution is 2.37. The number of nitrogens with one attached hydrogen (secondary N) is 1. The van der Waals surface area contributed by atoms with Crippen LogP contribution >= 0.6 is 0 Å². The number of hydrogen-bond acceptors (Lipinski definition) is 3. The lowest BCUT2D eigenvalue weighted by molar-refractivity contribution is -0.883. The molecule has 2 heterocycles. The average molecular weight is 418 g/mol. The minimum atomic E-state index is -0.772. The number of amides is 1. The number of carboxylic acids is 1. The number of aliphatic carboxylic acids is 1. The molecule has 160 valence electrons. The van der Waals surface area contributed by atoms with Crippen LogP contribution in [0.3, 0.4) is 0 Å². The molecule has 2 atom stereocenters. The van der Waals surface area contributed by atoms with E-state index in [1.54, 1.807) is 0 Å². The Morgan fingerprint density at radius 3 is 2.13 bits per heavy atom. The number of nitrogens with zero attached hydrogens (tertiary/aromatic N) is 1. The monoisotopic (exact) mass is 417 g/mol. The van der Waals surface area contributed by atoms with Crippen LogP contribution in [-0.4, -0.2) is 53.7 Å². The third-order valence-corrected chi connectivity index (χ3v) is 7.40. The molecule has 0 saturated carbocycles. The van der Waals surface area contributed by atoms with Gasteiger partial charge in [-0.05, 0) is 40.5 Å². The molecule has 3 aromatic rings. The fourth-order valence-corrected chi connectivity index (χ4v) is 5.85. The second-order valence-corrected chi connectivity index (χ2v) is 9.10. The predicted octanol–water partition coefficient (Wildman–Crippen LogP) is 4.20. The number of piperidine rings is 2. The number of carbonyl (C=O) groups excluding carboxylic acids is 1. The Bertz CT molecular complexity index is 1100. The molecule has 2 N–H and O–H groups in total. The second-order valence-electron chi connectivity index (χ2n) is 9.10. The van der Waals surface area contributed by atoms with Crippen LogP contribution in [0.2, 0.25) is 0 Å². The topological polar surface area (TPSA) is 66.4 Å². The van der Waals surface area contributed by atoms with Crippen molar-refractivity contribution in [3.8, 4) is 0 Å². The molecule has 5 rings (SSSR count). The van der Waals surface area contributed by atoms with E-state index in [-0.39, 0.29) is 16.4 Å². The van der Waals surface area contributed by atoms with Crippen molar-refractivity contribution in [2.45, 2.75) is 31.7 Å². The summed E-state index contributed by atoms with van der Waals surface area (Å²) in [4.78, 5) is 26.6. The molecule has 2 unspecified atom stereocenters. The maximum Gasteiger partial charge on any atom is 0.347 e. The molecule has 2 saturated heterocycles. The molecule has 5 heteroatoms. The van der Waals surface area contributed by atoms with Gasteiger partial charge >= 0.3 is 11.9 Å². The molecule has 0 aromatic heterocycles. The van der Waals surface area contributed by atoms with Crippen molar-refractivity contribution < 1.29 is 19.2 Å². The molecular formula is C26H29N2O3+. The summed E-state index contributed by atoms with van der Waals surface area (Å²) in [5.74, 6) is -1.13. The SMILES string of the molecule is O=C(O)C1CCC[N+](C(=O)c2c3ccccc3cc3ccccc23)(C2CCNCC2)C1. The number of benzene rings is 3. The van der Waals surface area contributed by atoms with Crippen LogP contribution in [0, 0.1) is 5.92 Å². The summed E-state index contributed by atoms with van der Waals surface area (Å²) in [5, 5.41) is 17.3. The summed E-state index contributed by atoms with van der Waals surface area (Å²) in [6.07, 6.45) is 3.24. The zero-order valence-electron chi connectivity index (χ0n) is 17.7. The van der Waals surface area contributed by atoms with Crippen LogP contribution in [0.15, 0.2) is 54.6 Å². The molecule has 3 aromatic carbocycles. The molecule has 0 aliphatic carbocycles. The largest absolute Gasteiger partial charge is 0.481 e. The fourth-order valence-electron chi connectivity index (χ4n) is 5.85. The first-order chi connectivity index (χ1) is 15.1. The van der Waals surface area contributed by atoms with Crippen molar-refractivity contribution in [2.75, 3.05) is 26.2 Å². The third kappa shape index (κ3) is 3.42. The van der Waals surface area contributed by atoms with Crippen LogP contribution < -0.4 is 5.32 Å². The van der Waals surface area contributed by atoms with Crippen LogP contribution in [0.5, 0.6) is 0 Å². The van der Waals surface area contributed by atoms with Crippen molar-refractivity contribution >= 4 is 33.4 Å². The minimum Gasteiger partial charge on any atom is -0.481 e. The van der Waals surface area contributed by atoms with Crippen molar-refractivity contribution in [2.24, 2.45) is 5.92 Å². The zero-order valence-corrected chi connectivity index (χ0v) is 17.7. The molecule has 0 bridgehead atoms. The summed E-state index contributed by atoms with van der Waals surface area (Å²) < 4.78 is 0.274. The number of fused-ring (bicyclic) bond motifs is 2. The Hall–Kier alpha value is -2.76. The Labute approximate surface area is 182 Å².